The summed E-state index contributed by atoms with van der Waals surface area (Å²) in [5.74, 6) is 0.367. The Bertz CT molecular complexity index is 2220. The van der Waals surface area contributed by atoms with Crippen molar-refractivity contribution in [3.05, 3.63) is 107 Å². The topological polar surface area (TPSA) is 152 Å². The molecule has 56 heavy (non-hydrogen) atoms. The highest BCUT2D eigenvalue weighted by Gasteiger charge is 2.50. The predicted molar refractivity (Wildman–Crippen MR) is 204 cm³/mol. The predicted octanol–water partition coefficient (Wildman–Crippen LogP) is 4.79. The van der Waals surface area contributed by atoms with Crippen LogP contribution in [0.1, 0.15) is 82.5 Å². The highest BCUT2D eigenvalue weighted by Crippen LogP contribution is 2.49. The van der Waals surface area contributed by atoms with Gasteiger partial charge in [0.05, 0.1) is 35.4 Å². The Kier molecular flexibility index (Phi) is 8.31. The van der Waals surface area contributed by atoms with Crippen LogP contribution < -0.4 is 25.0 Å². The summed E-state index contributed by atoms with van der Waals surface area (Å²) >= 11 is 0. The first-order valence-electron chi connectivity index (χ1n) is 19.5. The number of nitrogens with zero attached hydrogens (tertiary/aromatic N) is 4. The highest BCUT2D eigenvalue weighted by molar-refractivity contribution is 6.23. The molecule has 4 aromatic rings. The second-order valence-electron chi connectivity index (χ2n) is 16.2. The van der Waals surface area contributed by atoms with Crippen LogP contribution in [0.25, 0.3) is 0 Å². The van der Waals surface area contributed by atoms with Gasteiger partial charge in [0.15, 0.2) is 0 Å². The first-order chi connectivity index (χ1) is 27.2. The summed E-state index contributed by atoms with van der Waals surface area (Å²) in [7, 11) is 0. The van der Waals surface area contributed by atoms with Gasteiger partial charge >= 0.3 is 0 Å². The maximum atomic E-state index is 13.2. The molecule has 2 N–H and O–H groups in total. The van der Waals surface area contributed by atoms with Gasteiger partial charge in [-0.05, 0) is 78.9 Å². The number of ether oxygens (including phenoxy) is 3. The Balaban J connectivity index is 0.714. The van der Waals surface area contributed by atoms with E-state index in [1.54, 1.807) is 24.4 Å². The fraction of sp³-hybridized carbons (Fsp3) is 0.395. The molecule has 13 nitrogen and oxygen atoms in total. The number of anilines is 2. The number of fused-ring (bicyclic) bond motifs is 1. The molecule has 2 aliphatic carbocycles. The van der Waals surface area contributed by atoms with Gasteiger partial charge in [0.1, 0.15) is 30.3 Å². The van der Waals surface area contributed by atoms with Gasteiger partial charge < -0.3 is 24.4 Å². The van der Waals surface area contributed by atoms with E-state index >= 15 is 0 Å². The third kappa shape index (κ3) is 6.05. The molecule has 10 rings (SSSR count). The molecule has 1 unspecified atom stereocenters. The van der Waals surface area contributed by atoms with E-state index in [-0.39, 0.29) is 41.5 Å². The van der Waals surface area contributed by atoms with Crippen molar-refractivity contribution in [2.75, 3.05) is 36.5 Å². The molecule has 3 saturated heterocycles. The molecule has 0 radical (unpaired) electrons. The quantitative estimate of drug-likeness (QED) is 0.204. The van der Waals surface area contributed by atoms with Crippen LogP contribution in [0.2, 0.25) is 0 Å². The highest BCUT2D eigenvalue weighted by atomic mass is 16.5. The van der Waals surface area contributed by atoms with Gasteiger partial charge in [0, 0.05) is 55.7 Å². The third-order valence-electron chi connectivity index (χ3n) is 12.5. The van der Waals surface area contributed by atoms with Gasteiger partial charge in [-0.1, -0.05) is 30.7 Å². The standard InChI is InChI=1S/C43H42N6O7/c50-37-13-12-36(38(51)47-37)49-39(52)34-11-6-28(20-35(34)40(49)53)45-30-18-33(19-30)56-32-9-4-27(5-10-32)43(15-1-16-43)26-2-7-31(8-3-26)55-21-29-14-17-44-41(46-29)48-22-42(23-48)24-54-25-42/h2-11,14,17,20,30,33,36,45H,1,12-13,15-16,18-19,21-25H2,(H,47,50,51). The Labute approximate surface area is 323 Å². The van der Waals surface area contributed by atoms with Crippen molar-refractivity contribution in [1.82, 2.24) is 20.2 Å². The third-order valence-corrected chi connectivity index (χ3v) is 12.5. The van der Waals surface area contributed by atoms with E-state index in [1.165, 1.54) is 17.5 Å². The maximum Gasteiger partial charge on any atom is 0.262 e. The summed E-state index contributed by atoms with van der Waals surface area (Å²) in [6, 6.07) is 23.2. The largest absolute Gasteiger partial charge is 0.490 e. The summed E-state index contributed by atoms with van der Waals surface area (Å²) in [6.45, 7) is 3.94. The minimum absolute atomic E-state index is 0.0229. The minimum atomic E-state index is -0.982. The number of carbonyl (C=O) groups is 4. The molecule has 0 bridgehead atoms. The van der Waals surface area contributed by atoms with E-state index in [2.05, 4.69) is 69.0 Å². The van der Waals surface area contributed by atoms with Crippen molar-refractivity contribution >= 4 is 35.3 Å². The number of benzene rings is 3. The zero-order valence-electron chi connectivity index (χ0n) is 30.9. The lowest BCUT2D eigenvalue weighted by Crippen LogP contribution is -2.66. The van der Waals surface area contributed by atoms with E-state index < -0.39 is 29.7 Å². The minimum Gasteiger partial charge on any atom is -0.490 e. The van der Waals surface area contributed by atoms with E-state index in [0.717, 1.165) is 85.7 Å². The Morgan fingerprint density at radius 3 is 2.23 bits per heavy atom. The van der Waals surface area contributed by atoms with Crippen LogP contribution in [-0.2, 0) is 26.3 Å². The lowest BCUT2D eigenvalue weighted by molar-refractivity contribution is -0.136. The number of carbonyl (C=O) groups excluding carboxylic acids is 4. The number of aromatic nitrogens is 2. The molecule has 6 aliphatic rings. The molecule has 1 spiro atoms. The summed E-state index contributed by atoms with van der Waals surface area (Å²) in [5, 5.41) is 5.69. The molecule has 2 saturated carbocycles. The molecule has 4 aliphatic heterocycles. The maximum absolute atomic E-state index is 13.2. The van der Waals surface area contributed by atoms with E-state index in [1.807, 2.05) is 6.07 Å². The van der Waals surface area contributed by atoms with Gasteiger partial charge in [-0.3, -0.25) is 29.4 Å². The molecule has 1 atom stereocenters. The van der Waals surface area contributed by atoms with Crippen molar-refractivity contribution in [3.8, 4) is 11.5 Å². The second kappa shape index (κ2) is 13.4. The smallest absolute Gasteiger partial charge is 0.262 e. The van der Waals surface area contributed by atoms with Crippen LogP contribution in [-0.4, -0.2) is 83.0 Å². The summed E-state index contributed by atoms with van der Waals surface area (Å²) in [4.78, 5) is 62.6. The number of hydrogen-bond acceptors (Lipinski definition) is 11. The average Bonchev–Trinajstić information content (AvgIpc) is 3.37. The Hall–Kier alpha value is -5.82. The molecule has 13 heteroatoms. The number of imide groups is 2. The van der Waals surface area contributed by atoms with Crippen LogP contribution >= 0.6 is 0 Å². The first-order valence-corrected chi connectivity index (χ1v) is 19.5. The normalized spacial score (nSPS) is 24.3. The molecule has 286 valence electrons. The lowest BCUT2D eigenvalue weighted by atomic mass is 9.60. The molecule has 3 aromatic carbocycles. The lowest BCUT2D eigenvalue weighted by Gasteiger charge is -2.54. The Morgan fingerprint density at radius 2 is 1.57 bits per heavy atom. The molecular formula is C43H42N6O7. The summed E-state index contributed by atoms with van der Waals surface area (Å²) < 4.78 is 17.9. The van der Waals surface area contributed by atoms with Crippen LogP contribution in [0.3, 0.4) is 0 Å². The van der Waals surface area contributed by atoms with Crippen LogP contribution in [0.5, 0.6) is 11.5 Å². The van der Waals surface area contributed by atoms with Gasteiger partial charge in [-0.25, -0.2) is 9.97 Å². The van der Waals surface area contributed by atoms with Crippen LogP contribution in [0, 0.1) is 5.41 Å². The second-order valence-corrected chi connectivity index (χ2v) is 16.2. The Morgan fingerprint density at radius 1 is 0.857 bits per heavy atom. The first kappa shape index (κ1) is 34.7. The van der Waals surface area contributed by atoms with Crippen LogP contribution in [0.4, 0.5) is 11.6 Å². The number of amides is 4. The van der Waals surface area contributed by atoms with Crippen LogP contribution in [0.15, 0.2) is 79.0 Å². The number of piperidine rings is 1. The summed E-state index contributed by atoms with van der Waals surface area (Å²) in [6.07, 6.45) is 7.02. The van der Waals surface area contributed by atoms with Crippen molar-refractivity contribution in [1.29, 1.82) is 0 Å². The zero-order valence-corrected chi connectivity index (χ0v) is 30.9. The number of hydrogen-bond donors (Lipinski definition) is 2. The van der Waals surface area contributed by atoms with Crippen molar-refractivity contribution in [3.63, 3.8) is 0 Å². The van der Waals surface area contributed by atoms with Gasteiger partial charge in [-0.2, -0.15) is 0 Å². The van der Waals surface area contributed by atoms with Crippen molar-refractivity contribution in [2.45, 2.75) is 75.2 Å². The SMILES string of the molecule is O=C1CCC(N2C(=O)c3ccc(NC4CC(Oc5ccc(C6(c7ccc(OCc8ccnc(N9CC%10(COC%10)C9)n8)cc7)CCC6)cc5)C4)cc3C2=O)C(=O)N1. The molecule has 1 aromatic heterocycles. The van der Waals surface area contributed by atoms with Gasteiger partial charge in [-0.15, -0.1) is 0 Å². The monoisotopic (exact) mass is 754 g/mol. The van der Waals surface area contributed by atoms with Gasteiger partial charge in [0.2, 0.25) is 17.8 Å². The fourth-order valence-corrected chi connectivity index (χ4v) is 9.02. The number of nitrogens with one attached hydrogen (secondary N) is 2. The van der Waals surface area contributed by atoms with Crippen molar-refractivity contribution < 1.29 is 33.4 Å². The van der Waals surface area contributed by atoms with Gasteiger partial charge in [0.25, 0.3) is 11.8 Å². The molecule has 5 heterocycles. The van der Waals surface area contributed by atoms with E-state index in [4.69, 9.17) is 19.2 Å². The molecule has 5 fully saturated rings. The zero-order chi connectivity index (χ0) is 38.0. The summed E-state index contributed by atoms with van der Waals surface area (Å²) in [5.41, 5.74) is 4.97. The molecular weight excluding hydrogens is 713 g/mol. The fourth-order valence-electron chi connectivity index (χ4n) is 9.02. The van der Waals surface area contributed by atoms with Crippen molar-refractivity contribution in [2.24, 2.45) is 5.41 Å². The van der Waals surface area contributed by atoms with E-state index in [0.29, 0.717) is 12.0 Å². The molecule has 4 amide bonds. The number of rotatable bonds is 11. The average molecular weight is 755 g/mol. The van der Waals surface area contributed by atoms with E-state index in [9.17, 15) is 19.2 Å².